The molecule has 6 nitrogen and oxygen atoms in total. The predicted molar refractivity (Wildman–Crippen MR) is 122 cm³/mol. The Morgan fingerprint density at radius 2 is 1.74 bits per heavy atom. The first kappa shape index (κ1) is 19.8. The van der Waals surface area contributed by atoms with Crippen molar-refractivity contribution in [1.82, 2.24) is 19.4 Å². The highest BCUT2D eigenvalue weighted by molar-refractivity contribution is 5.93. The van der Waals surface area contributed by atoms with Gasteiger partial charge in [0.1, 0.15) is 11.5 Å². The lowest BCUT2D eigenvalue weighted by atomic mass is 10.1. The topological polar surface area (TPSA) is 44.6 Å². The minimum atomic E-state index is 0.146. The van der Waals surface area contributed by atoms with Gasteiger partial charge in [-0.15, -0.1) is 0 Å². The smallest absolute Gasteiger partial charge is 0.270 e. The van der Waals surface area contributed by atoms with Crippen molar-refractivity contribution in [2.75, 3.05) is 37.6 Å². The van der Waals surface area contributed by atoms with E-state index >= 15 is 0 Å². The Morgan fingerprint density at radius 3 is 2.48 bits per heavy atom. The summed E-state index contributed by atoms with van der Waals surface area (Å²) in [5.41, 5.74) is 4.75. The second kappa shape index (κ2) is 8.55. The number of piperazine rings is 1. The van der Waals surface area contributed by atoms with Gasteiger partial charge in [-0.2, -0.15) is 0 Å². The van der Waals surface area contributed by atoms with Crippen molar-refractivity contribution >= 4 is 11.7 Å². The number of nitrogens with zero attached hydrogens (tertiary/aromatic N) is 5. The van der Waals surface area contributed by atoms with Gasteiger partial charge in [0, 0.05) is 71.2 Å². The van der Waals surface area contributed by atoms with Gasteiger partial charge in [-0.05, 0) is 29.3 Å². The molecule has 0 N–H and O–H groups in total. The van der Waals surface area contributed by atoms with Crippen molar-refractivity contribution in [3.63, 3.8) is 0 Å². The zero-order valence-corrected chi connectivity index (χ0v) is 18.1. The number of amides is 1. The minimum absolute atomic E-state index is 0.146. The van der Waals surface area contributed by atoms with Crippen molar-refractivity contribution in [2.45, 2.75) is 19.5 Å². The third-order valence-corrected chi connectivity index (χ3v) is 6.51. The Morgan fingerprint density at radius 1 is 0.968 bits per heavy atom. The molecule has 0 spiro atoms. The standard InChI is InChI=1S/C25H29N5O/c1-27-22-10-12-28(18-20-7-3-2-4-8-20)19-21(22)17-23(27)25(31)30-15-13-29(14-16-30)24-9-5-6-11-26-24/h2-9,11,17H,10,12-16,18-19H2,1H3. The Bertz CT molecular complexity index is 1040. The van der Waals surface area contributed by atoms with E-state index in [0.29, 0.717) is 0 Å². The lowest BCUT2D eigenvalue weighted by Crippen LogP contribution is -2.49. The fraction of sp³-hybridized carbons (Fsp3) is 0.360. The van der Waals surface area contributed by atoms with E-state index in [1.807, 2.05) is 36.3 Å². The summed E-state index contributed by atoms with van der Waals surface area (Å²) in [4.78, 5) is 24.5. The van der Waals surface area contributed by atoms with E-state index in [2.05, 4.69) is 55.7 Å². The highest BCUT2D eigenvalue weighted by atomic mass is 16.2. The maximum atomic E-state index is 13.3. The van der Waals surface area contributed by atoms with Gasteiger partial charge in [0.05, 0.1) is 0 Å². The number of fused-ring (bicyclic) bond motifs is 1. The van der Waals surface area contributed by atoms with Gasteiger partial charge in [0.15, 0.2) is 0 Å². The molecule has 2 aliphatic rings. The van der Waals surface area contributed by atoms with E-state index in [1.54, 1.807) is 0 Å². The average Bonchev–Trinajstić information content (AvgIpc) is 3.15. The molecule has 2 aromatic heterocycles. The molecule has 31 heavy (non-hydrogen) atoms. The number of aromatic nitrogens is 2. The summed E-state index contributed by atoms with van der Waals surface area (Å²) >= 11 is 0. The Hall–Kier alpha value is -3.12. The monoisotopic (exact) mass is 415 g/mol. The summed E-state index contributed by atoms with van der Waals surface area (Å²) in [7, 11) is 2.04. The first-order valence-corrected chi connectivity index (χ1v) is 11.1. The number of rotatable bonds is 4. The van der Waals surface area contributed by atoms with Gasteiger partial charge in [0.2, 0.25) is 0 Å². The van der Waals surface area contributed by atoms with Crippen molar-refractivity contribution in [3.05, 3.63) is 83.3 Å². The van der Waals surface area contributed by atoms with Gasteiger partial charge in [-0.25, -0.2) is 4.98 Å². The van der Waals surface area contributed by atoms with Crippen LogP contribution in [0.1, 0.15) is 27.3 Å². The van der Waals surface area contributed by atoms with Crippen LogP contribution in [-0.2, 0) is 26.6 Å². The van der Waals surface area contributed by atoms with Crippen LogP contribution in [0.3, 0.4) is 0 Å². The number of anilines is 1. The van der Waals surface area contributed by atoms with Crippen LogP contribution in [0.15, 0.2) is 60.8 Å². The normalized spacial score (nSPS) is 16.9. The first-order valence-electron chi connectivity index (χ1n) is 11.1. The van der Waals surface area contributed by atoms with Crippen molar-refractivity contribution in [1.29, 1.82) is 0 Å². The number of pyridine rings is 1. The maximum Gasteiger partial charge on any atom is 0.270 e. The number of carbonyl (C=O) groups is 1. The van der Waals surface area contributed by atoms with Crippen LogP contribution in [0.25, 0.3) is 0 Å². The second-order valence-electron chi connectivity index (χ2n) is 8.47. The van der Waals surface area contributed by atoms with Crippen molar-refractivity contribution in [2.24, 2.45) is 7.05 Å². The van der Waals surface area contributed by atoms with Crippen LogP contribution >= 0.6 is 0 Å². The molecule has 0 bridgehead atoms. The molecule has 4 heterocycles. The predicted octanol–water partition coefficient (Wildman–Crippen LogP) is 2.94. The molecule has 3 aromatic rings. The summed E-state index contributed by atoms with van der Waals surface area (Å²) in [6.07, 6.45) is 2.81. The minimum Gasteiger partial charge on any atom is -0.353 e. The SMILES string of the molecule is Cn1c(C(=O)N2CCN(c3ccccn3)CC2)cc2c1CCN(Cc1ccccc1)C2. The molecule has 6 heteroatoms. The third kappa shape index (κ3) is 4.08. The van der Waals surface area contributed by atoms with Crippen LogP contribution in [0.2, 0.25) is 0 Å². The largest absolute Gasteiger partial charge is 0.353 e. The third-order valence-electron chi connectivity index (χ3n) is 6.51. The molecule has 0 saturated carbocycles. The summed E-state index contributed by atoms with van der Waals surface area (Å²) in [5, 5.41) is 0. The first-order chi connectivity index (χ1) is 15.2. The van der Waals surface area contributed by atoms with Gasteiger partial charge in [0.25, 0.3) is 5.91 Å². The Labute approximate surface area is 183 Å². The molecule has 0 unspecified atom stereocenters. The second-order valence-corrected chi connectivity index (χ2v) is 8.47. The molecule has 1 fully saturated rings. The number of benzene rings is 1. The van der Waals surface area contributed by atoms with Gasteiger partial charge in [-0.1, -0.05) is 36.4 Å². The van der Waals surface area contributed by atoms with E-state index in [1.165, 1.54) is 16.8 Å². The maximum absolute atomic E-state index is 13.3. The van der Waals surface area contributed by atoms with Gasteiger partial charge in [-0.3, -0.25) is 9.69 Å². The highest BCUT2D eigenvalue weighted by Gasteiger charge is 2.28. The van der Waals surface area contributed by atoms with E-state index in [0.717, 1.165) is 63.7 Å². The molecule has 0 atom stereocenters. The van der Waals surface area contributed by atoms with E-state index < -0.39 is 0 Å². The zero-order chi connectivity index (χ0) is 21.2. The summed E-state index contributed by atoms with van der Waals surface area (Å²) in [5.74, 6) is 1.13. The molecule has 1 saturated heterocycles. The van der Waals surface area contributed by atoms with Crippen LogP contribution in [-0.4, -0.2) is 58.0 Å². The Kier molecular flexibility index (Phi) is 5.47. The summed E-state index contributed by atoms with van der Waals surface area (Å²) in [6, 6.07) is 18.7. The average molecular weight is 416 g/mol. The van der Waals surface area contributed by atoms with Crippen LogP contribution in [0.5, 0.6) is 0 Å². The van der Waals surface area contributed by atoms with E-state index in [4.69, 9.17) is 0 Å². The fourth-order valence-electron chi connectivity index (χ4n) is 4.78. The zero-order valence-electron chi connectivity index (χ0n) is 18.1. The van der Waals surface area contributed by atoms with Gasteiger partial charge < -0.3 is 14.4 Å². The molecule has 160 valence electrons. The highest BCUT2D eigenvalue weighted by Crippen LogP contribution is 2.25. The fourth-order valence-corrected chi connectivity index (χ4v) is 4.78. The Balaban J connectivity index is 1.25. The van der Waals surface area contributed by atoms with Gasteiger partial charge >= 0.3 is 0 Å². The molecule has 0 radical (unpaired) electrons. The van der Waals surface area contributed by atoms with Crippen molar-refractivity contribution in [3.8, 4) is 0 Å². The molecule has 0 aliphatic carbocycles. The summed E-state index contributed by atoms with van der Waals surface area (Å²) < 4.78 is 2.13. The van der Waals surface area contributed by atoms with Crippen LogP contribution < -0.4 is 4.90 Å². The van der Waals surface area contributed by atoms with Crippen molar-refractivity contribution < 1.29 is 4.79 Å². The molecule has 5 rings (SSSR count). The lowest BCUT2D eigenvalue weighted by molar-refractivity contribution is 0.0736. The van der Waals surface area contributed by atoms with Crippen LogP contribution in [0, 0.1) is 0 Å². The van der Waals surface area contributed by atoms with E-state index in [9.17, 15) is 4.79 Å². The number of hydrogen-bond acceptors (Lipinski definition) is 4. The molecular formula is C25H29N5O. The lowest BCUT2D eigenvalue weighted by Gasteiger charge is -2.35. The number of carbonyl (C=O) groups excluding carboxylic acids is 1. The molecule has 2 aliphatic heterocycles. The molecule has 1 aromatic carbocycles. The van der Waals surface area contributed by atoms with Crippen LogP contribution in [0.4, 0.5) is 5.82 Å². The summed E-state index contributed by atoms with van der Waals surface area (Å²) in [6.45, 7) is 5.97. The number of hydrogen-bond donors (Lipinski definition) is 0. The molecule has 1 amide bonds. The molecular weight excluding hydrogens is 386 g/mol. The van der Waals surface area contributed by atoms with E-state index in [-0.39, 0.29) is 5.91 Å². The quantitative estimate of drug-likeness (QED) is 0.657.